The molecule has 150 valence electrons. The van der Waals surface area contributed by atoms with Crippen LogP contribution in [0.25, 0.3) is 11.0 Å². The first-order valence-electron chi connectivity index (χ1n) is 9.17. The Balaban J connectivity index is 1.53. The lowest BCUT2D eigenvalue weighted by Gasteiger charge is -2.17. The number of nitrogens with one attached hydrogen (secondary N) is 1. The van der Waals surface area contributed by atoms with Crippen LogP contribution < -0.4 is 5.32 Å². The molecule has 0 aliphatic rings. The van der Waals surface area contributed by atoms with Gasteiger partial charge in [-0.3, -0.25) is 14.4 Å². The second-order valence-corrected chi connectivity index (χ2v) is 7.67. The number of rotatable bonds is 6. The lowest BCUT2D eigenvalue weighted by atomic mass is 9.95. The fourth-order valence-corrected chi connectivity index (χ4v) is 2.54. The van der Waals surface area contributed by atoms with E-state index in [1.165, 1.54) is 0 Å². The number of hydrogen-bond donors (Lipinski definition) is 1. The molecule has 1 aromatic heterocycles. The minimum atomic E-state index is -0.563. The van der Waals surface area contributed by atoms with Crippen molar-refractivity contribution in [1.82, 2.24) is 5.16 Å². The fraction of sp³-hybridized carbons (Fsp3) is 0.273. The van der Waals surface area contributed by atoms with Crippen molar-refractivity contribution >= 4 is 34.3 Å². The maximum atomic E-state index is 12.3. The van der Waals surface area contributed by atoms with Crippen molar-refractivity contribution in [3.8, 4) is 0 Å². The Hall–Kier alpha value is -3.48. The molecule has 0 aliphatic carbocycles. The van der Waals surface area contributed by atoms with Crippen LogP contribution in [0, 0.1) is 5.41 Å². The maximum absolute atomic E-state index is 12.3. The van der Waals surface area contributed by atoms with E-state index in [4.69, 9.17) is 9.26 Å². The van der Waals surface area contributed by atoms with E-state index in [2.05, 4.69) is 10.5 Å². The van der Waals surface area contributed by atoms with Crippen LogP contribution in [0.3, 0.4) is 0 Å². The van der Waals surface area contributed by atoms with Crippen molar-refractivity contribution in [3.05, 3.63) is 59.8 Å². The zero-order chi connectivity index (χ0) is 21.0. The molecule has 1 heterocycles. The number of esters is 1. The molecular weight excluding hydrogens is 372 g/mol. The average molecular weight is 394 g/mol. The molecule has 3 rings (SSSR count). The number of nitrogens with zero attached hydrogens (tertiary/aromatic N) is 1. The summed E-state index contributed by atoms with van der Waals surface area (Å²) in [4.78, 5) is 36.3. The summed E-state index contributed by atoms with van der Waals surface area (Å²) in [6, 6.07) is 13.6. The van der Waals surface area contributed by atoms with E-state index in [-0.39, 0.29) is 24.7 Å². The number of carbonyl (C=O) groups is 3. The number of amides is 1. The molecule has 7 heteroatoms. The highest BCUT2D eigenvalue weighted by molar-refractivity contribution is 5.99. The van der Waals surface area contributed by atoms with E-state index in [0.717, 1.165) is 5.39 Å². The first-order valence-corrected chi connectivity index (χ1v) is 9.17. The second kappa shape index (κ2) is 8.26. The third-order valence-corrected chi connectivity index (χ3v) is 4.27. The standard InChI is InChI=1S/C22H22N2O5/c1-22(2,3)21(27)23-15-10-8-14(9-11-15)18(25)13-28-20(26)12-17-16-6-4-5-7-19(16)29-24-17/h4-11H,12-13H2,1-3H3,(H,23,27). The van der Waals surface area contributed by atoms with Gasteiger partial charge in [-0.1, -0.05) is 38.1 Å². The summed E-state index contributed by atoms with van der Waals surface area (Å²) in [5, 5.41) is 7.40. The first-order chi connectivity index (χ1) is 13.7. The van der Waals surface area contributed by atoms with E-state index in [1.54, 1.807) is 36.4 Å². The molecule has 0 unspecified atom stereocenters. The number of hydrogen-bond acceptors (Lipinski definition) is 6. The third-order valence-electron chi connectivity index (χ3n) is 4.27. The molecule has 1 N–H and O–H groups in total. The SMILES string of the molecule is CC(C)(C)C(=O)Nc1ccc(C(=O)COC(=O)Cc2noc3ccccc23)cc1. The van der Waals surface area contributed by atoms with Crippen molar-refractivity contribution in [3.63, 3.8) is 0 Å². The topological polar surface area (TPSA) is 98.5 Å². The Morgan fingerprint density at radius 2 is 1.72 bits per heavy atom. The first kappa shape index (κ1) is 20.3. The quantitative estimate of drug-likeness (QED) is 0.505. The summed E-state index contributed by atoms with van der Waals surface area (Å²) in [5.41, 5.74) is 1.52. The van der Waals surface area contributed by atoms with Gasteiger partial charge in [-0.15, -0.1) is 0 Å². The highest BCUT2D eigenvalue weighted by Gasteiger charge is 2.21. The highest BCUT2D eigenvalue weighted by Crippen LogP contribution is 2.19. The summed E-state index contributed by atoms with van der Waals surface area (Å²) < 4.78 is 10.2. The Bertz CT molecular complexity index is 1040. The summed E-state index contributed by atoms with van der Waals surface area (Å²) in [6.07, 6.45) is -0.0813. The summed E-state index contributed by atoms with van der Waals surface area (Å²) in [5.74, 6) is -1.02. The van der Waals surface area contributed by atoms with Crippen molar-refractivity contribution in [2.24, 2.45) is 5.41 Å². The molecule has 2 aromatic carbocycles. The number of carbonyl (C=O) groups excluding carboxylic acids is 3. The van der Waals surface area contributed by atoms with Crippen LogP contribution in [-0.2, 0) is 20.7 Å². The average Bonchev–Trinajstić information content (AvgIpc) is 3.09. The van der Waals surface area contributed by atoms with Gasteiger partial charge < -0.3 is 14.6 Å². The van der Waals surface area contributed by atoms with Crippen molar-refractivity contribution in [1.29, 1.82) is 0 Å². The van der Waals surface area contributed by atoms with E-state index < -0.39 is 11.4 Å². The van der Waals surface area contributed by atoms with Crippen LogP contribution in [0.5, 0.6) is 0 Å². The zero-order valence-electron chi connectivity index (χ0n) is 16.5. The van der Waals surface area contributed by atoms with Gasteiger partial charge >= 0.3 is 5.97 Å². The van der Waals surface area contributed by atoms with Gasteiger partial charge in [0, 0.05) is 22.1 Å². The van der Waals surface area contributed by atoms with Gasteiger partial charge in [0.05, 0.1) is 6.42 Å². The van der Waals surface area contributed by atoms with E-state index in [0.29, 0.717) is 22.5 Å². The van der Waals surface area contributed by atoms with Gasteiger partial charge in [0.1, 0.15) is 5.69 Å². The van der Waals surface area contributed by atoms with Crippen LogP contribution in [0.15, 0.2) is 53.1 Å². The number of para-hydroxylation sites is 1. The number of ketones is 1. The van der Waals surface area contributed by atoms with E-state index >= 15 is 0 Å². The number of fused-ring (bicyclic) bond motifs is 1. The van der Waals surface area contributed by atoms with Crippen LogP contribution >= 0.6 is 0 Å². The largest absolute Gasteiger partial charge is 0.457 e. The van der Waals surface area contributed by atoms with Crippen LogP contribution in [0.2, 0.25) is 0 Å². The van der Waals surface area contributed by atoms with Crippen LogP contribution in [0.1, 0.15) is 36.8 Å². The monoisotopic (exact) mass is 394 g/mol. The number of benzene rings is 2. The number of ether oxygens (including phenoxy) is 1. The Labute approximate surface area is 168 Å². The van der Waals surface area contributed by atoms with Crippen molar-refractivity contribution < 1.29 is 23.6 Å². The molecule has 7 nitrogen and oxygen atoms in total. The molecule has 0 radical (unpaired) electrons. The number of anilines is 1. The molecule has 0 atom stereocenters. The third kappa shape index (κ3) is 5.07. The predicted molar refractivity (Wildman–Crippen MR) is 108 cm³/mol. The molecule has 0 fully saturated rings. The normalized spacial score (nSPS) is 11.3. The summed E-state index contributed by atoms with van der Waals surface area (Å²) >= 11 is 0. The molecule has 0 saturated heterocycles. The van der Waals surface area contributed by atoms with Gasteiger partial charge in [0.25, 0.3) is 0 Å². The lowest BCUT2D eigenvalue weighted by molar-refractivity contribution is -0.141. The van der Waals surface area contributed by atoms with E-state index in [1.807, 2.05) is 32.9 Å². The highest BCUT2D eigenvalue weighted by atomic mass is 16.5. The van der Waals surface area contributed by atoms with Gasteiger partial charge in [0.15, 0.2) is 18.0 Å². The van der Waals surface area contributed by atoms with Gasteiger partial charge in [-0.05, 0) is 36.4 Å². The Morgan fingerprint density at radius 3 is 2.41 bits per heavy atom. The predicted octanol–water partition coefficient (Wildman–Crippen LogP) is 3.78. The number of aromatic nitrogens is 1. The van der Waals surface area contributed by atoms with Gasteiger partial charge in [-0.25, -0.2) is 0 Å². The molecular formula is C22H22N2O5. The zero-order valence-corrected chi connectivity index (χ0v) is 16.5. The maximum Gasteiger partial charge on any atom is 0.312 e. The molecule has 0 spiro atoms. The molecule has 29 heavy (non-hydrogen) atoms. The minimum Gasteiger partial charge on any atom is -0.457 e. The van der Waals surface area contributed by atoms with Gasteiger partial charge in [0.2, 0.25) is 5.91 Å². The number of Topliss-reactive ketones (excluding diaryl/α,β-unsaturated/α-hetero) is 1. The lowest BCUT2D eigenvalue weighted by Crippen LogP contribution is -2.27. The minimum absolute atomic E-state index is 0.0813. The van der Waals surface area contributed by atoms with E-state index in [9.17, 15) is 14.4 Å². The van der Waals surface area contributed by atoms with Crippen molar-refractivity contribution in [2.45, 2.75) is 27.2 Å². The smallest absolute Gasteiger partial charge is 0.312 e. The second-order valence-electron chi connectivity index (χ2n) is 7.67. The molecule has 3 aromatic rings. The molecule has 0 saturated carbocycles. The van der Waals surface area contributed by atoms with Crippen molar-refractivity contribution in [2.75, 3.05) is 11.9 Å². The van der Waals surface area contributed by atoms with Crippen LogP contribution in [-0.4, -0.2) is 29.4 Å². The Morgan fingerprint density at radius 1 is 1.03 bits per heavy atom. The molecule has 1 amide bonds. The van der Waals surface area contributed by atoms with Crippen LogP contribution in [0.4, 0.5) is 5.69 Å². The summed E-state index contributed by atoms with van der Waals surface area (Å²) in [7, 11) is 0. The molecule has 0 bridgehead atoms. The fourth-order valence-electron chi connectivity index (χ4n) is 2.54. The Kier molecular flexibility index (Phi) is 5.77. The molecule has 0 aliphatic heterocycles. The summed E-state index contributed by atoms with van der Waals surface area (Å²) in [6.45, 7) is 5.08. The van der Waals surface area contributed by atoms with Gasteiger partial charge in [-0.2, -0.15) is 0 Å².